The van der Waals surface area contributed by atoms with E-state index in [4.69, 9.17) is 0 Å². The number of unbranched alkanes of at least 4 members (excludes halogenated alkanes) is 6. The second-order valence-corrected chi connectivity index (χ2v) is 6.09. The maximum Gasteiger partial charge on any atom is 0.0905 e. The van der Waals surface area contributed by atoms with Crippen LogP contribution in [0.15, 0.2) is 0 Å². The van der Waals surface area contributed by atoms with Crippen molar-refractivity contribution in [1.29, 1.82) is 0 Å². The third-order valence-electron chi connectivity index (χ3n) is 4.42. The van der Waals surface area contributed by atoms with Crippen molar-refractivity contribution >= 4 is 0 Å². The zero-order chi connectivity index (χ0) is 13.3. The highest BCUT2D eigenvalue weighted by atomic mass is 16.3. The highest BCUT2D eigenvalue weighted by Gasteiger charge is 2.36. The van der Waals surface area contributed by atoms with E-state index < -0.39 is 11.7 Å². The molecule has 2 nitrogen and oxygen atoms in total. The van der Waals surface area contributed by atoms with Crippen LogP contribution in [0.4, 0.5) is 0 Å². The summed E-state index contributed by atoms with van der Waals surface area (Å²) in [5.74, 6) is 0. The predicted octanol–water partition coefficient (Wildman–Crippen LogP) is 4.18. The fourth-order valence-corrected chi connectivity index (χ4v) is 3.06. The number of aliphatic hydroxyl groups excluding tert-OH is 1. The lowest BCUT2D eigenvalue weighted by atomic mass is 9.79. The molecule has 2 N–H and O–H groups in total. The SMILES string of the molecule is CCCCCCCCCC(O)C1(O)CCCCC1. The smallest absolute Gasteiger partial charge is 0.0905 e. The van der Waals surface area contributed by atoms with E-state index in [0.717, 1.165) is 38.5 Å². The molecule has 18 heavy (non-hydrogen) atoms. The van der Waals surface area contributed by atoms with Gasteiger partial charge in [-0.15, -0.1) is 0 Å². The standard InChI is InChI=1S/C16H32O2/c1-2-3-4-5-6-7-9-12-15(17)16(18)13-10-8-11-14-16/h15,17-18H,2-14H2,1H3. The van der Waals surface area contributed by atoms with Gasteiger partial charge in [0.05, 0.1) is 11.7 Å². The Hall–Kier alpha value is -0.0800. The van der Waals surface area contributed by atoms with Gasteiger partial charge in [0.1, 0.15) is 0 Å². The van der Waals surface area contributed by atoms with E-state index in [1.54, 1.807) is 0 Å². The van der Waals surface area contributed by atoms with Crippen molar-refractivity contribution in [1.82, 2.24) is 0 Å². The van der Waals surface area contributed by atoms with Crippen LogP contribution >= 0.6 is 0 Å². The quantitative estimate of drug-likeness (QED) is 0.607. The van der Waals surface area contributed by atoms with Crippen LogP contribution in [-0.4, -0.2) is 21.9 Å². The molecule has 1 aliphatic carbocycles. The fourth-order valence-electron chi connectivity index (χ4n) is 3.06. The van der Waals surface area contributed by atoms with Crippen LogP contribution in [0.25, 0.3) is 0 Å². The molecule has 1 rings (SSSR count). The lowest BCUT2D eigenvalue weighted by Crippen LogP contribution is -2.43. The van der Waals surface area contributed by atoms with Crippen molar-refractivity contribution in [3.8, 4) is 0 Å². The van der Waals surface area contributed by atoms with Crippen molar-refractivity contribution in [3.63, 3.8) is 0 Å². The second kappa shape index (κ2) is 8.92. The summed E-state index contributed by atoms with van der Waals surface area (Å²) in [4.78, 5) is 0. The molecule has 1 saturated carbocycles. The van der Waals surface area contributed by atoms with E-state index in [1.807, 2.05) is 0 Å². The molecule has 0 spiro atoms. The first kappa shape index (κ1) is 16.0. The number of rotatable bonds is 9. The van der Waals surface area contributed by atoms with Crippen molar-refractivity contribution in [2.24, 2.45) is 0 Å². The van der Waals surface area contributed by atoms with Crippen LogP contribution in [0.2, 0.25) is 0 Å². The van der Waals surface area contributed by atoms with E-state index in [9.17, 15) is 10.2 Å². The monoisotopic (exact) mass is 256 g/mol. The summed E-state index contributed by atoms with van der Waals surface area (Å²) in [7, 11) is 0. The molecule has 0 heterocycles. The summed E-state index contributed by atoms with van der Waals surface area (Å²) < 4.78 is 0. The first-order valence-corrected chi connectivity index (χ1v) is 8.09. The van der Waals surface area contributed by atoms with Gasteiger partial charge in [0.2, 0.25) is 0 Å². The summed E-state index contributed by atoms with van der Waals surface area (Å²) in [5, 5.41) is 20.5. The Labute approximate surface area is 113 Å². The van der Waals surface area contributed by atoms with Crippen molar-refractivity contribution in [2.45, 2.75) is 102 Å². The van der Waals surface area contributed by atoms with Gasteiger partial charge < -0.3 is 10.2 Å². The lowest BCUT2D eigenvalue weighted by molar-refractivity contribution is -0.100. The Morgan fingerprint density at radius 2 is 1.44 bits per heavy atom. The molecule has 0 aliphatic heterocycles. The topological polar surface area (TPSA) is 40.5 Å². The molecule has 0 aromatic rings. The largest absolute Gasteiger partial charge is 0.390 e. The highest BCUT2D eigenvalue weighted by Crippen LogP contribution is 2.32. The Bertz CT molecular complexity index is 197. The molecule has 2 heteroatoms. The van der Waals surface area contributed by atoms with Gasteiger partial charge in [-0.2, -0.15) is 0 Å². The molecular formula is C16H32O2. The molecule has 0 aromatic heterocycles. The second-order valence-electron chi connectivity index (χ2n) is 6.09. The number of hydrogen-bond acceptors (Lipinski definition) is 2. The molecule has 0 aromatic carbocycles. The third-order valence-corrected chi connectivity index (χ3v) is 4.42. The molecule has 0 amide bonds. The minimum absolute atomic E-state index is 0.492. The van der Waals surface area contributed by atoms with E-state index in [2.05, 4.69) is 6.92 Å². The average Bonchev–Trinajstić information content (AvgIpc) is 2.38. The van der Waals surface area contributed by atoms with Crippen molar-refractivity contribution < 1.29 is 10.2 Å². The van der Waals surface area contributed by atoms with Crippen LogP contribution in [0.5, 0.6) is 0 Å². The Morgan fingerprint density at radius 1 is 0.889 bits per heavy atom. The molecule has 0 bridgehead atoms. The zero-order valence-corrected chi connectivity index (χ0v) is 12.2. The van der Waals surface area contributed by atoms with Gasteiger partial charge in [-0.1, -0.05) is 71.1 Å². The van der Waals surface area contributed by atoms with Crippen LogP contribution in [0, 0.1) is 0 Å². The van der Waals surface area contributed by atoms with E-state index >= 15 is 0 Å². The van der Waals surface area contributed by atoms with Crippen LogP contribution in [-0.2, 0) is 0 Å². The van der Waals surface area contributed by atoms with Gasteiger partial charge in [0.15, 0.2) is 0 Å². The normalized spacial score (nSPS) is 20.8. The van der Waals surface area contributed by atoms with E-state index in [-0.39, 0.29) is 0 Å². The molecular weight excluding hydrogens is 224 g/mol. The summed E-state index contributed by atoms with van der Waals surface area (Å²) in [6.07, 6.45) is 14.1. The Balaban J connectivity index is 2.03. The minimum Gasteiger partial charge on any atom is -0.390 e. The van der Waals surface area contributed by atoms with Gasteiger partial charge in [-0.05, 0) is 19.3 Å². The van der Waals surface area contributed by atoms with Crippen LogP contribution in [0.1, 0.15) is 90.4 Å². The molecule has 0 radical (unpaired) electrons. The first-order valence-electron chi connectivity index (χ1n) is 8.09. The summed E-state index contributed by atoms with van der Waals surface area (Å²) >= 11 is 0. The summed E-state index contributed by atoms with van der Waals surface area (Å²) in [6.45, 7) is 2.24. The molecule has 1 unspecified atom stereocenters. The molecule has 108 valence electrons. The Kier molecular flexibility index (Phi) is 7.92. The fraction of sp³-hybridized carbons (Fsp3) is 1.00. The molecule has 1 aliphatic rings. The van der Waals surface area contributed by atoms with Gasteiger partial charge in [-0.3, -0.25) is 0 Å². The summed E-state index contributed by atoms with van der Waals surface area (Å²) in [6, 6.07) is 0. The van der Waals surface area contributed by atoms with Crippen LogP contribution in [0.3, 0.4) is 0 Å². The minimum atomic E-state index is -0.763. The Morgan fingerprint density at radius 3 is 2.06 bits per heavy atom. The molecule has 1 atom stereocenters. The predicted molar refractivity (Wildman–Crippen MR) is 76.7 cm³/mol. The first-order chi connectivity index (χ1) is 8.69. The maximum absolute atomic E-state index is 10.4. The van der Waals surface area contributed by atoms with Gasteiger partial charge >= 0.3 is 0 Å². The average molecular weight is 256 g/mol. The molecule has 0 saturated heterocycles. The van der Waals surface area contributed by atoms with Crippen molar-refractivity contribution in [2.75, 3.05) is 0 Å². The number of aliphatic hydroxyl groups is 2. The third kappa shape index (κ3) is 5.71. The van der Waals surface area contributed by atoms with Gasteiger partial charge in [0, 0.05) is 0 Å². The lowest BCUT2D eigenvalue weighted by Gasteiger charge is -2.36. The summed E-state index contributed by atoms with van der Waals surface area (Å²) in [5.41, 5.74) is -0.763. The highest BCUT2D eigenvalue weighted by molar-refractivity contribution is 4.88. The molecule has 1 fully saturated rings. The van der Waals surface area contributed by atoms with E-state index in [1.165, 1.54) is 44.9 Å². The van der Waals surface area contributed by atoms with Gasteiger partial charge in [0.25, 0.3) is 0 Å². The van der Waals surface area contributed by atoms with Crippen LogP contribution < -0.4 is 0 Å². The zero-order valence-electron chi connectivity index (χ0n) is 12.2. The van der Waals surface area contributed by atoms with Gasteiger partial charge in [-0.25, -0.2) is 0 Å². The maximum atomic E-state index is 10.4. The number of hydrogen-bond donors (Lipinski definition) is 2. The van der Waals surface area contributed by atoms with Crippen molar-refractivity contribution in [3.05, 3.63) is 0 Å². The van der Waals surface area contributed by atoms with E-state index in [0.29, 0.717) is 0 Å².